The number of aromatic nitrogens is 2. The quantitative estimate of drug-likeness (QED) is 0.800. The maximum atomic E-state index is 10.5. The minimum absolute atomic E-state index is 0.0841. The van der Waals surface area contributed by atoms with Crippen molar-refractivity contribution < 1.29 is 19.2 Å². The third-order valence-electron chi connectivity index (χ3n) is 2.34. The molecule has 6 heteroatoms. The lowest BCUT2D eigenvalue weighted by Crippen LogP contribution is -2.21. The molecule has 15 heavy (non-hydrogen) atoms. The zero-order valence-corrected chi connectivity index (χ0v) is 8.18. The first kappa shape index (κ1) is 10.1. The second-order valence-corrected chi connectivity index (χ2v) is 3.51. The van der Waals surface area contributed by atoms with Crippen LogP contribution in [0.5, 0.6) is 0 Å². The fourth-order valence-corrected chi connectivity index (χ4v) is 1.59. The second-order valence-electron chi connectivity index (χ2n) is 3.51. The van der Waals surface area contributed by atoms with Crippen LogP contribution in [0.1, 0.15) is 35.8 Å². The van der Waals surface area contributed by atoms with Gasteiger partial charge in [-0.15, -0.1) is 0 Å². The largest absolute Gasteiger partial charge is 0.475 e. The lowest BCUT2D eigenvalue weighted by molar-refractivity contribution is 0.0124. The van der Waals surface area contributed by atoms with Crippen LogP contribution in [0, 0.1) is 0 Å². The van der Waals surface area contributed by atoms with Crippen molar-refractivity contribution in [3.8, 4) is 0 Å². The number of carbonyl (C=O) groups is 1. The number of carboxylic acid groups (broad SMARTS) is 1. The van der Waals surface area contributed by atoms with Crippen LogP contribution < -0.4 is 0 Å². The molecule has 2 rings (SSSR count). The summed E-state index contributed by atoms with van der Waals surface area (Å²) < 4.78 is 10.3. The van der Waals surface area contributed by atoms with Crippen molar-refractivity contribution in [2.45, 2.75) is 31.8 Å². The number of rotatable bonds is 3. The highest BCUT2D eigenvalue weighted by Crippen LogP contribution is 2.16. The smallest absolute Gasteiger partial charge is 0.377 e. The van der Waals surface area contributed by atoms with E-state index in [-0.39, 0.29) is 11.9 Å². The standard InChI is InChI=1S/C9H12N2O4/c12-9(13)8-10-7(15-11-8)5-6-3-1-2-4-14-6/h6H,1-5H2,(H,12,13). The van der Waals surface area contributed by atoms with Crippen molar-refractivity contribution in [2.75, 3.05) is 6.61 Å². The summed E-state index contributed by atoms with van der Waals surface area (Å²) in [4.78, 5) is 14.2. The van der Waals surface area contributed by atoms with Crippen LogP contribution in [0.25, 0.3) is 0 Å². The van der Waals surface area contributed by atoms with Crippen molar-refractivity contribution >= 4 is 5.97 Å². The molecule has 1 saturated heterocycles. The molecule has 1 N–H and O–H groups in total. The molecule has 1 aromatic heterocycles. The van der Waals surface area contributed by atoms with E-state index in [4.69, 9.17) is 14.4 Å². The van der Waals surface area contributed by atoms with E-state index in [1.54, 1.807) is 0 Å². The Labute approximate surface area is 86.2 Å². The third kappa shape index (κ3) is 2.53. The Bertz CT molecular complexity index is 344. The van der Waals surface area contributed by atoms with E-state index in [2.05, 4.69) is 10.1 Å². The van der Waals surface area contributed by atoms with Crippen LogP contribution >= 0.6 is 0 Å². The number of carboxylic acids is 1. The van der Waals surface area contributed by atoms with Gasteiger partial charge in [-0.3, -0.25) is 0 Å². The zero-order chi connectivity index (χ0) is 10.7. The van der Waals surface area contributed by atoms with Crippen LogP contribution in [0.2, 0.25) is 0 Å². The molecule has 1 aliphatic rings. The van der Waals surface area contributed by atoms with E-state index in [0.29, 0.717) is 12.3 Å². The van der Waals surface area contributed by atoms with Crippen LogP contribution in [0.3, 0.4) is 0 Å². The maximum absolute atomic E-state index is 10.5. The molecule has 0 amide bonds. The first-order valence-corrected chi connectivity index (χ1v) is 4.93. The third-order valence-corrected chi connectivity index (χ3v) is 2.34. The Morgan fingerprint density at radius 3 is 3.00 bits per heavy atom. The first-order valence-electron chi connectivity index (χ1n) is 4.93. The van der Waals surface area contributed by atoms with E-state index in [9.17, 15) is 4.79 Å². The summed E-state index contributed by atoms with van der Waals surface area (Å²) in [7, 11) is 0. The molecule has 0 spiro atoms. The van der Waals surface area contributed by atoms with Gasteiger partial charge in [0.25, 0.3) is 5.82 Å². The van der Waals surface area contributed by atoms with Crippen LogP contribution in [0.4, 0.5) is 0 Å². The van der Waals surface area contributed by atoms with Crippen molar-refractivity contribution in [2.24, 2.45) is 0 Å². The van der Waals surface area contributed by atoms with Gasteiger partial charge in [-0.2, -0.15) is 4.98 Å². The highest BCUT2D eigenvalue weighted by molar-refractivity contribution is 5.82. The number of aromatic carboxylic acids is 1. The molecule has 1 atom stereocenters. The van der Waals surface area contributed by atoms with E-state index in [1.165, 1.54) is 0 Å². The number of hydrogen-bond acceptors (Lipinski definition) is 5. The predicted octanol–water partition coefficient (Wildman–Crippen LogP) is 0.879. The van der Waals surface area contributed by atoms with Gasteiger partial charge in [0, 0.05) is 6.61 Å². The van der Waals surface area contributed by atoms with Gasteiger partial charge < -0.3 is 14.4 Å². The molecule has 6 nitrogen and oxygen atoms in total. The summed E-state index contributed by atoms with van der Waals surface area (Å²) in [6, 6.07) is 0. The summed E-state index contributed by atoms with van der Waals surface area (Å²) >= 11 is 0. The van der Waals surface area contributed by atoms with Gasteiger partial charge in [-0.05, 0) is 24.4 Å². The molecule has 1 aliphatic heterocycles. The normalized spacial score (nSPS) is 21.5. The Hall–Kier alpha value is -1.43. The highest BCUT2D eigenvalue weighted by atomic mass is 16.5. The van der Waals surface area contributed by atoms with Gasteiger partial charge in [0.1, 0.15) is 0 Å². The number of hydrogen-bond donors (Lipinski definition) is 1. The minimum atomic E-state index is -1.17. The lowest BCUT2D eigenvalue weighted by Gasteiger charge is -2.20. The molecular weight excluding hydrogens is 200 g/mol. The molecule has 0 aromatic carbocycles. The van der Waals surface area contributed by atoms with Crippen molar-refractivity contribution in [3.63, 3.8) is 0 Å². The fourth-order valence-electron chi connectivity index (χ4n) is 1.59. The van der Waals surface area contributed by atoms with Crippen molar-refractivity contribution in [1.29, 1.82) is 0 Å². The second kappa shape index (κ2) is 4.39. The molecule has 0 saturated carbocycles. The van der Waals surface area contributed by atoms with Gasteiger partial charge in [0.2, 0.25) is 5.89 Å². The Balaban J connectivity index is 1.94. The Kier molecular flexibility index (Phi) is 2.96. The monoisotopic (exact) mass is 212 g/mol. The summed E-state index contributed by atoms with van der Waals surface area (Å²) in [5, 5.41) is 11.9. The van der Waals surface area contributed by atoms with E-state index in [0.717, 1.165) is 25.9 Å². The SMILES string of the molecule is O=C(O)c1noc(CC2CCCCO2)n1. The molecule has 1 fully saturated rings. The lowest BCUT2D eigenvalue weighted by atomic mass is 10.1. The molecule has 82 valence electrons. The molecule has 1 unspecified atom stereocenters. The highest BCUT2D eigenvalue weighted by Gasteiger charge is 2.19. The van der Waals surface area contributed by atoms with Crippen LogP contribution in [0.15, 0.2) is 4.52 Å². The van der Waals surface area contributed by atoms with Crippen LogP contribution in [-0.4, -0.2) is 33.9 Å². The number of ether oxygens (including phenoxy) is 1. The van der Waals surface area contributed by atoms with E-state index < -0.39 is 5.97 Å². The van der Waals surface area contributed by atoms with E-state index >= 15 is 0 Å². The van der Waals surface area contributed by atoms with Crippen LogP contribution in [-0.2, 0) is 11.2 Å². The van der Waals surface area contributed by atoms with Crippen molar-refractivity contribution in [1.82, 2.24) is 10.1 Å². The summed E-state index contributed by atoms with van der Waals surface area (Å²) in [5.41, 5.74) is 0. The minimum Gasteiger partial charge on any atom is -0.475 e. The summed E-state index contributed by atoms with van der Waals surface area (Å²) in [6.45, 7) is 0.755. The zero-order valence-electron chi connectivity index (χ0n) is 8.18. The average molecular weight is 212 g/mol. The molecule has 0 bridgehead atoms. The van der Waals surface area contributed by atoms with E-state index in [1.807, 2.05) is 0 Å². The topological polar surface area (TPSA) is 85.5 Å². The fraction of sp³-hybridized carbons (Fsp3) is 0.667. The summed E-state index contributed by atoms with van der Waals surface area (Å²) in [6.07, 6.45) is 3.76. The average Bonchev–Trinajstić information content (AvgIpc) is 2.68. The molecule has 1 aromatic rings. The van der Waals surface area contributed by atoms with Gasteiger partial charge in [0.15, 0.2) is 0 Å². The maximum Gasteiger partial charge on any atom is 0.377 e. The Morgan fingerprint density at radius 1 is 1.53 bits per heavy atom. The molecule has 0 radical (unpaired) electrons. The number of nitrogens with zero attached hydrogens (tertiary/aromatic N) is 2. The summed E-state index contributed by atoms with van der Waals surface area (Å²) in [5.74, 6) is -1.13. The predicted molar refractivity (Wildman–Crippen MR) is 48.6 cm³/mol. The molecule has 2 heterocycles. The molecular formula is C9H12N2O4. The van der Waals surface area contributed by atoms with Crippen molar-refractivity contribution in [3.05, 3.63) is 11.7 Å². The molecule has 0 aliphatic carbocycles. The van der Waals surface area contributed by atoms with Gasteiger partial charge in [-0.1, -0.05) is 0 Å². The first-order chi connectivity index (χ1) is 7.25. The van der Waals surface area contributed by atoms with Gasteiger partial charge in [-0.25, -0.2) is 4.79 Å². The van der Waals surface area contributed by atoms with Gasteiger partial charge in [0.05, 0.1) is 12.5 Å². The Morgan fingerprint density at radius 2 is 2.40 bits per heavy atom. The van der Waals surface area contributed by atoms with Gasteiger partial charge >= 0.3 is 5.97 Å².